The maximum Gasteiger partial charge on any atom is 0.119 e. The topological polar surface area (TPSA) is 56.2 Å². The van der Waals surface area contributed by atoms with Crippen molar-refractivity contribution in [1.82, 2.24) is 4.90 Å². The Labute approximate surface area is 208 Å². The van der Waals surface area contributed by atoms with Gasteiger partial charge in [-0.25, -0.2) is 0 Å². The molecule has 0 radical (unpaired) electrons. The summed E-state index contributed by atoms with van der Waals surface area (Å²) in [5.74, 6) is 1.54. The minimum Gasteiger partial charge on any atom is -0.508 e. The van der Waals surface area contributed by atoms with Gasteiger partial charge in [0, 0.05) is 31.4 Å². The number of fused-ring (bicyclic) bond motifs is 1. The third-order valence-corrected chi connectivity index (χ3v) is 7.34. The molecule has 3 aromatic carbocycles. The third kappa shape index (κ3) is 6.09. The predicted octanol–water partition coefficient (Wildman–Crippen LogP) is 5.16. The van der Waals surface area contributed by atoms with Gasteiger partial charge in [-0.1, -0.05) is 30.7 Å². The molecular formula is C30H36N2O3. The van der Waals surface area contributed by atoms with E-state index in [2.05, 4.69) is 34.1 Å². The van der Waals surface area contributed by atoms with Crippen molar-refractivity contribution in [3.05, 3.63) is 82.9 Å². The first-order valence-corrected chi connectivity index (χ1v) is 13.0. The number of likely N-dealkylation sites (tertiary alicyclic amines) is 1. The van der Waals surface area contributed by atoms with Gasteiger partial charge < -0.3 is 19.8 Å². The third-order valence-electron chi connectivity index (χ3n) is 7.34. The average molecular weight is 473 g/mol. The first-order valence-electron chi connectivity index (χ1n) is 13.0. The molecule has 0 bridgehead atoms. The SMILES string of the molecule is Oc1ccc2c(c1)CCN(c1cc(O)ccc1Cc1ccc(OCCN3CCCCC3)cc1)CC2. The standard InChI is InChI=1S/C30H36N2O3/c33-27-8-6-24-12-16-32(17-13-25(24)21-27)30-22-28(34)9-7-26(30)20-23-4-10-29(11-5-23)35-19-18-31-14-2-1-3-15-31/h4-11,21-22,33-34H,1-3,12-20H2. The van der Waals surface area contributed by atoms with E-state index in [4.69, 9.17) is 4.74 Å². The number of nitrogens with zero attached hydrogens (tertiary/aromatic N) is 2. The highest BCUT2D eigenvalue weighted by Crippen LogP contribution is 2.31. The smallest absolute Gasteiger partial charge is 0.119 e. The van der Waals surface area contributed by atoms with Crippen LogP contribution in [0.2, 0.25) is 0 Å². The minimum atomic E-state index is 0.292. The fraction of sp³-hybridized carbons (Fsp3) is 0.400. The fourth-order valence-electron chi connectivity index (χ4n) is 5.35. The maximum atomic E-state index is 10.2. The zero-order chi connectivity index (χ0) is 24.0. The number of anilines is 1. The van der Waals surface area contributed by atoms with Crippen LogP contribution in [0.5, 0.6) is 17.2 Å². The van der Waals surface area contributed by atoms with Gasteiger partial charge in [0.05, 0.1) is 0 Å². The number of phenols is 2. The van der Waals surface area contributed by atoms with E-state index in [1.54, 1.807) is 12.1 Å². The molecule has 3 aromatic rings. The molecule has 1 fully saturated rings. The van der Waals surface area contributed by atoms with E-state index in [0.717, 1.165) is 56.9 Å². The number of piperidine rings is 1. The molecule has 0 saturated carbocycles. The molecule has 2 heterocycles. The van der Waals surface area contributed by atoms with Crippen LogP contribution in [0.25, 0.3) is 0 Å². The van der Waals surface area contributed by atoms with E-state index in [-0.39, 0.29) is 0 Å². The highest BCUT2D eigenvalue weighted by molar-refractivity contribution is 5.59. The molecule has 2 aliphatic heterocycles. The van der Waals surface area contributed by atoms with Gasteiger partial charge in [0.1, 0.15) is 23.9 Å². The highest BCUT2D eigenvalue weighted by atomic mass is 16.5. The second kappa shape index (κ2) is 11.0. The van der Waals surface area contributed by atoms with Gasteiger partial charge in [-0.2, -0.15) is 0 Å². The van der Waals surface area contributed by atoms with Crippen molar-refractivity contribution in [2.45, 2.75) is 38.5 Å². The highest BCUT2D eigenvalue weighted by Gasteiger charge is 2.18. The van der Waals surface area contributed by atoms with Gasteiger partial charge in [0.25, 0.3) is 0 Å². The summed E-state index contributed by atoms with van der Waals surface area (Å²) in [6.45, 7) is 5.87. The lowest BCUT2D eigenvalue weighted by Gasteiger charge is -2.26. The molecule has 1 saturated heterocycles. The van der Waals surface area contributed by atoms with Gasteiger partial charge in [-0.15, -0.1) is 0 Å². The molecule has 0 amide bonds. The van der Waals surface area contributed by atoms with E-state index in [0.29, 0.717) is 11.5 Å². The average Bonchev–Trinajstić information content (AvgIpc) is 3.09. The largest absolute Gasteiger partial charge is 0.508 e. The zero-order valence-corrected chi connectivity index (χ0v) is 20.5. The lowest BCUT2D eigenvalue weighted by molar-refractivity contribution is 0.183. The van der Waals surface area contributed by atoms with Gasteiger partial charge in [-0.05, 0) is 97.8 Å². The number of benzene rings is 3. The van der Waals surface area contributed by atoms with Crippen LogP contribution in [-0.2, 0) is 19.3 Å². The molecule has 184 valence electrons. The molecule has 2 aliphatic rings. The molecule has 35 heavy (non-hydrogen) atoms. The van der Waals surface area contributed by atoms with Crippen molar-refractivity contribution in [3.63, 3.8) is 0 Å². The molecular weight excluding hydrogens is 436 g/mol. The van der Waals surface area contributed by atoms with E-state index < -0.39 is 0 Å². The Morgan fingerprint density at radius 1 is 0.714 bits per heavy atom. The van der Waals surface area contributed by atoms with E-state index in [1.165, 1.54) is 54.6 Å². The number of phenolic OH excluding ortho intramolecular Hbond substituents is 2. The van der Waals surface area contributed by atoms with Crippen LogP contribution in [-0.4, -0.2) is 54.4 Å². The summed E-state index contributed by atoms with van der Waals surface area (Å²) in [5, 5.41) is 20.1. The molecule has 2 N–H and O–H groups in total. The molecule has 0 aliphatic carbocycles. The van der Waals surface area contributed by atoms with E-state index in [9.17, 15) is 10.2 Å². The summed E-state index contributed by atoms with van der Waals surface area (Å²) in [4.78, 5) is 4.86. The fourth-order valence-corrected chi connectivity index (χ4v) is 5.35. The van der Waals surface area contributed by atoms with Gasteiger partial charge >= 0.3 is 0 Å². The minimum absolute atomic E-state index is 0.292. The molecule has 0 unspecified atom stereocenters. The van der Waals surface area contributed by atoms with Gasteiger partial charge in [0.2, 0.25) is 0 Å². The predicted molar refractivity (Wildman–Crippen MR) is 141 cm³/mol. The van der Waals surface area contributed by atoms with Gasteiger partial charge in [-0.3, -0.25) is 4.90 Å². The zero-order valence-electron chi connectivity index (χ0n) is 20.5. The summed E-state index contributed by atoms with van der Waals surface area (Å²) in [6.07, 6.45) is 6.58. The summed E-state index contributed by atoms with van der Waals surface area (Å²) >= 11 is 0. The van der Waals surface area contributed by atoms with Crippen molar-refractivity contribution in [2.24, 2.45) is 0 Å². The Morgan fingerprint density at radius 2 is 1.43 bits per heavy atom. The quantitative estimate of drug-likeness (QED) is 0.498. The lowest BCUT2D eigenvalue weighted by Crippen LogP contribution is -2.33. The Morgan fingerprint density at radius 3 is 2.23 bits per heavy atom. The van der Waals surface area contributed by atoms with Crippen molar-refractivity contribution < 1.29 is 14.9 Å². The number of aromatic hydroxyl groups is 2. The first-order chi connectivity index (χ1) is 17.1. The number of ether oxygens (including phenoxy) is 1. The van der Waals surface area contributed by atoms with Crippen LogP contribution >= 0.6 is 0 Å². The molecule has 5 heteroatoms. The Bertz CT molecular complexity index is 1120. The Hall–Kier alpha value is -3.18. The first kappa shape index (κ1) is 23.6. The molecule has 0 aromatic heterocycles. The molecule has 5 rings (SSSR count). The molecule has 0 atom stereocenters. The summed E-state index contributed by atoms with van der Waals surface area (Å²) < 4.78 is 6.00. The van der Waals surface area contributed by atoms with Crippen LogP contribution in [0.3, 0.4) is 0 Å². The second-order valence-electron chi connectivity index (χ2n) is 9.82. The second-order valence-corrected chi connectivity index (χ2v) is 9.82. The normalized spacial score (nSPS) is 16.5. The monoisotopic (exact) mass is 472 g/mol. The van der Waals surface area contributed by atoms with Crippen molar-refractivity contribution in [2.75, 3.05) is 44.2 Å². The summed E-state index contributed by atoms with van der Waals surface area (Å²) in [6, 6.07) is 19.8. The summed E-state index contributed by atoms with van der Waals surface area (Å²) in [7, 11) is 0. The Kier molecular flexibility index (Phi) is 7.43. The van der Waals surface area contributed by atoms with Crippen LogP contribution < -0.4 is 9.64 Å². The van der Waals surface area contributed by atoms with Crippen LogP contribution in [0, 0.1) is 0 Å². The van der Waals surface area contributed by atoms with Crippen molar-refractivity contribution >= 4 is 5.69 Å². The van der Waals surface area contributed by atoms with Crippen LogP contribution in [0.4, 0.5) is 5.69 Å². The number of hydrogen-bond donors (Lipinski definition) is 2. The lowest BCUT2D eigenvalue weighted by atomic mass is 10.0. The van der Waals surface area contributed by atoms with Crippen LogP contribution in [0.15, 0.2) is 60.7 Å². The molecule has 0 spiro atoms. The number of rotatable bonds is 7. The number of hydrogen-bond acceptors (Lipinski definition) is 5. The summed E-state index contributed by atoms with van der Waals surface area (Å²) in [5.41, 5.74) is 6.02. The Balaban J connectivity index is 1.23. The van der Waals surface area contributed by atoms with Crippen molar-refractivity contribution in [1.29, 1.82) is 0 Å². The maximum absolute atomic E-state index is 10.2. The van der Waals surface area contributed by atoms with Gasteiger partial charge in [0.15, 0.2) is 0 Å². The van der Waals surface area contributed by atoms with Crippen molar-refractivity contribution in [3.8, 4) is 17.2 Å². The molecule has 5 nitrogen and oxygen atoms in total. The van der Waals surface area contributed by atoms with E-state index >= 15 is 0 Å². The van der Waals surface area contributed by atoms with Crippen LogP contribution in [0.1, 0.15) is 41.5 Å². The van der Waals surface area contributed by atoms with E-state index in [1.807, 2.05) is 24.3 Å².